The maximum absolute atomic E-state index is 11.1. The van der Waals surface area contributed by atoms with Crippen molar-refractivity contribution in [2.24, 2.45) is 5.73 Å². The Bertz CT molecular complexity index is 585. The number of benzene rings is 1. The number of nitrogens with zero attached hydrogens (tertiary/aromatic N) is 3. The molecule has 0 saturated carbocycles. The molecule has 0 bridgehead atoms. The summed E-state index contributed by atoms with van der Waals surface area (Å²) in [6.45, 7) is 1.73. The van der Waals surface area contributed by atoms with Gasteiger partial charge in [0.15, 0.2) is 5.16 Å². The first-order valence-electron chi connectivity index (χ1n) is 5.63. The average Bonchev–Trinajstić information content (AvgIpc) is 2.86. The Morgan fingerprint density at radius 3 is 2.89 bits per heavy atom. The molecule has 0 radical (unpaired) electrons. The number of aromatic nitrogens is 3. The molecule has 0 saturated heterocycles. The van der Waals surface area contributed by atoms with Crippen LogP contribution in [0.25, 0.3) is 5.69 Å². The van der Waals surface area contributed by atoms with Crippen molar-refractivity contribution in [3.05, 3.63) is 30.6 Å². The topological polar surface area (TPSA) is 83.0 Å². The number of carbonyl (C=O) groups is 1. The number of nitrogens with two attached hydrogens (primary N) is 1. The number of thioether (sulfide) groups is 1. The highest BCUT2D eigenvalue weighted by atomic mass is 32.2. The van der Waals surface area contributed by atoms with Crippen LogP contribution in [0.4, 0.5) is 0 Å². The number of carbonyl (C=O) groups excluding carboxylic acids is 1. The van der Waals surface area contributed by atoms with E-state index in [0.717, 1.165) is 5.69 Å². The summed E-state index contributed by atoms with van der Waals surface area (Å²) < 4.78 is 7.07. The Kier molecular flexibility index (Phi) is 4.06. The minimum Gasteiger partial charge on any atom is -0.495 e. The fourth-order valence-electron chi connectivity index (χ4n) is 1.52. The number of ether oxygens (including phenoxy) is 1. The highest BCUT2D eigenvalue weighted by molar-refractivity contribution is 8.00. The first-order chi connectivity index (χ1) is 9.13. The highest BCUT2D eigenvalue weighted by Gasteiger charge is 2.17. The SMILES string of the molecule is COc1ccccc1-n1cnnc1SC(C)C(N)=O. The maximum Gasteiger partial charge on any atom is 0.230 e. The van der Waals surface area contributed by atoms with Crippen LogP contribution >= 0.6 is 11.8 Å². The molecule has 6 nitrogen and oxygen atoms in total. The smallest absolute Gasteiger partial charge is 0.230 e. The number of para-hydroxylation sites is 2. The second-order valence-corrected chi connectivity index (χ2v) is 5.13. The number of rotatable bonds is 5. The molecule has 2 aromatic rings. The fourth-order valence-corrected chi connectivity index (χ4v) is 2.30. The second-order valence-electron chi connectivity index (χ2n) is 3.82. The standard InChI is InChI=1S/C12H14N4O2S/c1-8(11(13)17)19-12-15-14-7-16(12)9-5-3-4-6-10(9)18-2/h3-8H,1-2H3,(H2,13,17). The Balaban J connectivity index is 2.36. The van der Waals surface area contributed by atoms with Crippen LogP contribution < -0.4 is 10.5 Å². The van der Waals surface area contributed by atoms with Crippen LogP contribution in [0.1, 0.15) is 6.92 Å². The number of hydrogen-bond donors (Lipinski definition) is 1. The van der Waals surface area contributed by atoms with Crippen LogP contribution in [0.3, 0.4) is 0 Å². The van der Waals surface area contributed by atoms with E-state index in [1.54, 1.807) is 24.9 Å². The van der Waals surface area contributed by atoms with E-state index in [-0.39, 0.29) is 11.2 Å². The van der Waals surface area contributed by atoms with Crippen LogP contribution in [0, 0.1) is 0 Å². The van der Waals surface area contributed by atoms with Crippen molar-refractivity contribution in [2.75, 3.05) is 7.11 Å². The largest absolute Gasteiger partial charge is 0.495 e. The molecule has 1 unspecified atom stereocenters. The van der Waals surface area contributed by atoms with E-state index in [2.05, 4.69) is 10.2 Å². The van der Waals surface area contributed by atoms with E-state index in [1.807, 2.05) is 24.3 Å². The predicted molar refractivity (Wildman–Crippen MR) is 72.4 cm³/mol. The fraction of sp³-hybridized carbons (Fsp3) is 0.250. The van der Waals surface area contributed by atoms with Gasteiger partial charge in [-0.1, -0.05) is 23.9 Å². The Hall–Kier alpha value is -2.02. The third kappa shape index (κ3) is 2.87. The van der Waals surface area contributed by atoms with Gasteiger partial charge in [-0.15, -0.1) is 10.2 Å². The average molecular weight is 278 g/mol. The van der Waals surface area contributed by atoms with E-state index in [1.165, 1.54) is 11.8 Å². The predicted octanol–water partition coefficient (Wildman–Crippen LogP) is 1.24. The third-order valence-electron chi connectivity index (χ3n) is 2.54. The lowest BCUT2D eigenvalue weighted by Gasteiger charge is -2.11. The number of primary amides is 1. The second kappa shape index (κ2) is 5.75. The summed E-state index contributed by atoms with van der Waals surface area (Å²) >= 11 is 1.26. The van der Waals surface area contributed by atoms with Gasteiger partial charge in [-0.2, -0.15) is 0 Å². The molecule has 100 valence electrons. The molecule has 0 aliphatic rings. The molecule has 2 rings (SSSR count). The maximum atomic E-state index is 11.1. The molecule has 1 heterocycles. The zero-order chi connectivity index (χ0) is 13.8. The molecule has 2 N–H and O–H groups in total. The zero-order valence-corrected chi connectivity index (χ0v) is 11.4. The lowest BCUT2D eigenvalue weighted by molar-refractivity contribution is -0.117. The molecule has 0 fully saturated rings. The van der Waals surface area contributed by atoms with Crippen LogP contribution in [-0.4, -0.2) is 33.0 Å². The molecule has 1 aromatic heterocycles. The molecular weight excluding hydrogens is 264 g/mol. The minimum absolute atomic E-state index is 0.377. The summed E-state index contributed by atoms with van der Waals surface area (Å²) in [6.07, 6.45) is 1.58. The minimum atomic E-state index is -0.389. The van der Waals surface area contributed by atoms with Crippen molar-refractivity contribution >= 4 is 17.7 Å². The van der Waals surface area contributed by atoms with E-state index in [9.17, 15) is 4.79 Å². The molecule has 1 atom stereocenters. The normalized spacial score (nSPS) is 12.1. The lowest BCUT2D eigenvalue weighted by Crippen LogP contribution is -2.23. The van der Waals surface area contributed by atoms with E-state index >= 15 is 0 Å². The number of amides is 1. The summed E-state index contributed by atoms with van der Waals surface area (Å²) in [5, 5.41) is 8.09. The molecule has 7 heteroatoms. The van der Waals surface area contributed by atoms with Crippen molar-refractivity contribution in [2.45, 2.75) is 17.3 Å². The molecule has 19 heavy (non-hydrogen) atoms. The molecule has 0 aliphatic heterocycles. The van der Waals surface area contributed by atoms with Crippen molar-refractivity contribution in [3.63, 3.8) is 0 Å². The van der Waals surface area contributed by atoms with Crippen molar-refractivity contribution in [1.29, 1.82) is 0 Å². The van der Waals surface area contributed by atoms with Gasteiger partial charge >= 0.3 is 0 Å². The molecule has 1 amide bonds. The van der Waals surface area contributed by atoms with Crippen LogP contribution in [0.15, 0.2) is 35.7 Å². The van der Waals surface area contributed by atoms with Crippen LogP contribution in [-0.2, 0) is 4.79 Å². The molecule has 0 aliphatic carbocycles. The van der Waals surface area contributed by atoms with Gasteiger partial charge in [0.1, 0.15) is 12.1 Å². The summed E-state index contributed by atoms with van der Waals surface area (Å²) in [6, 6.07) is 7.51. The number of methoxy groups -OCH3 is 1. The quantitative estimate of drug-likeness (QED) is 0.832. The van der Waals surface area contributed by atoms with Crippen LogP contribution in [0.2, 0.25) is 0 Å². The van der Waals surface area contributed by atoms with E-state index in [0.29, 0.717) is 10.9 Å². The summed E-state index contributed by atoms with van der Waals surface area (Å²) in [7, 11) is 1.60. The van der Waals surface area contributed by atoms with Crippen LogP contribution in [0.5, 0.6) is 5.75 Å². The van der Waals surface area contributed by atoms with Gasteiger partial charge < -0.3 is 10.5 Å². The summed E-state index contributed by atoms with van der Waals surface area (Å²) in [5.41, 5.74) is 6.07. The third-order valence-corrected chi connectivity index (χ3v) is 3.62. The first kappa shape index (κ1) is 13.4. The van der Waals surface area contributed by atoms with E-state index in [4.69, 9.17) is 10.5 Å². The lowest BCUT2D eigenvalue weighted by atomic mass is 10.3. The van der Waals surface area contributed by atoms with Gasteiger partial charge in [0.05, 0.1) is 18.0 Å². The van der Waals surface area contributed by atoms with E-state index < -0.39 is 0 Å². The summed E-state index contributed by atoms with van der Waals surface area (Å²) in [4.78, 5) is 11.1. The van der Waals surface area contributed by atoms with Crippen molar-refractivity contribution < 1.29 is 9.53 Å². The van der Waals surface area contributed by atoms with Gasteiger partial charge in [0.25, 0.3) is 0 Å². The molecule has 1 aromatic carbocycles. The van der Waals surface area contributed by atoms with Crippen molar-refractivity contribution in [3.8, 4) is 11.4 Å². The van der Waals surface area contributed by atoms with Gasteiger partial charge in [-0.25, -0.2) is 0 Å². The number of hydrogen-bond acceptors (Lipinski definition) is 5. The Morgan fingerprint density at radius 1 is 1.47 bits per heavy atom. The van der Waals surface area contributed by atoms with Gasteiger partial charge in [0, 0.05) is 0 Å². The summed E-state index contributed by atoms with van der Waals surface area (Å²) in [5.74, 6) is 0.315. The Labute approximate surface area is 115 Å². The zero-order valence-electron chi connectivity index (χ0n) is 10.6. The monoisotopic (exact) mass is 278 g/mol. The Morgan fingerprint density at radius 2 is 2.21 bits per heavy atom. The molecule has 0 spiro atoms. The highest BCUT2D eigenvalue weighted by Crippen LogP contribution is 2.28. The first-order valence-corrected chi connectivity index (χ1v) is 6.51. The van der Waals surface area contributed by atoms with Gasteiger partial charge in [-0.3, -0.25) is 9.36 Å². The van der Waals surface area contributed by atoms with Gasteiger partial charge in [-0.05, 0) is 19.1 Å². The van der Waals surface area contributed by atoms with Crippen molar-refractivity contribution in [1.82, 2.24) is 14.8 Å². The molecular formula is C12H14N4O2S. The van der Waals surface area contributed by atoms with Gasteiger partial charge in [0.2, 0.25) is 5.91 Å².